The highest BCUT2D eigenvalue weighted by Gasteiger charge is 2.29. The molecule has 4 heteroatoms. The molecule has 0 spiro atoms. The molecule has 1 unspecified atom stereocenters. The van der Waals surface area contributed by atoms with Crippen LogP contribution >= 0.6 is 0 Å². The van der Waals surface area contributed by atoms with E-state index in [4.69, 9.17) is 4.74 Å². The van der Waals surface area contributed by atoms with E-state index in [1.807, 2.05) is 30.3 Å². The van der Waals surface area contributed by atoms with Gasteiger partial charge < -0.3 is 9.84 Å². The predicted molar refractivity (Wildman–Crippen MR) is 87.2 cm³/mol. The highest BCUT2D eigenvalue weighted by Crippen LogP contribution is 2.24. The summed E-state index contributed by atoms with van der Waals surface area (Å²) in [5, 5.41) is 10.3. The van der Waals surface area contributed by atoms with Crippen molar-refractivity contribution in [3.63, 3.8) is 0 Å². The van der Waals surface area contributed by atoms with Crippen LogP contribution in [0.15, 0.2) is 46.7 Å². The van der Waals surface area contributed by atoms with E-state index in [2.05, 4.69) is 4.99 Å². The van der Waals surface area contributed by atoms with Crippen molar-refractivity contribution in [2.45, 2.75) is 52.2 Å². The van der Waals surface area contributed by atoms with Gasteiger partial charge in [-0.25, -0.2) is 4.79 Å². The van der Waals surface area contributed by atoms with E-state index < -0.39 is 11.6 Å². The minimum atomic E-state index is -0.592. The third-order valence-electron chi connectivity index (χ3n) is 3.37. The molecule has 1 aliphatic heterocycles. The fourth-order valence-corrected chi connectivity index (χ4v) is 2.52. The molecule has 1 N–H and O–H groups in total. The number of esters is 1. The maximum absolute atomic E-state index is 12.2. The molecule has 1 aromatic rings. The second-order valence-electron chi connectivity index (χ2n) is 6.59. The summed E-state index contributed by atoms with van der Waals surface area (Å²) in [7, 11) is 0. The first-order valence-electron chi connectivity index (χ1n) is 7.50. The molecule has 0 aromatic heterocycles. The number of carbonyl (C=O) groups is 1. The Morgan fingerprint density at radius 3 is 2.50 bits per heavy atom. The van der Waals surface area contributed by atoms with E-state index in [0.717, 1.165) is 12.0 Å². The Hall–Kier alpha value is -2.10. The molecule has 0 bridgehead atoms. The number of carbonyl (C=O) groups excluding carboxylic acids is 1. The number of hydrogen-bond acceptors (Lipinski definition) is 4. The van der Waals surface area contributed by atoms with Gasteiger partial charge in [0, 0.05) is 6.42 Å². The Balaban J connectivity index is 2.12. The van der Waals surface area contributed by atoms with E-state index in [1.165, 1.54) is 0 Å². The van der Waals surface area contributed by atoms with Gasteiger partial charge in [-0.15, -0.1) is 0 Å². The van der Waals surface area contributed by atoms with E-state index in [-0.39, 0.29) is 17.4 Å². The summed E-state index contributed by atoms with van der Waals surface area (Å²) in [5.41, 5.74) is 1.32. The molecule has 0 radical (unpaired) electrons. The highest BCUT2D eigenvalue weighted by atomic mass is 16.6. The number of aliphatic hydroxyl groups is 1. The van der Waals surface area contributed by atoms with Gasteiger partial charge in [-0.05, 0) is 39.7 Å². The van der Waals surface area contributed by atoms with Crippen LogP contribution in [-0.2, 0) is 16.0 Å². The van der Waals surface area contributed by atoms with Crippen molar-refractivity contribution in [2.24, 2.45) is 4.99 Å². The summed E-state index contributed by atoms with van der Waals surface area (Å²) in [6, 6.07) is 9.96. The molecule has 1 heterocycles. The number of nitrogens with zero attached hydrogens (tertiary/aromatic N) is 1. The quantitative estimate of drug-likeness (QED) is 0.868. The van der Waals surface area contributed by atoms with Crippen LogP contribution in [0.3, 0.4) is 0 Å². The van der Waals surface area contributed by atoms with Gasteiger partial charge in [-0.1, -0.05) is 30.3 Å². The number of rotatable bonds is 3. The Bertz CT molecular complexity index is 609. The van der Waals surface area contributed by atoms with Crippen LogP contribution < -0.4 is 0 Å². The lowest BCUT2D eigenvalue weighted by molar-refractivity contribution is -0.149. The lowest BCUT2D eigenvalue weighted by atomic mass is 9.96. The smallest absolute Gasteiger partial charge is 0.343 e. The molecule has 1 aromatic carbocycles. The summed E-state index contributed by atoms with van der Waals surface area (Å²) in [6.07, 6.45) is 1.10. The summed E-state index contributed by atoms with van der Waals surface area (Å²) >= 11 is 0. The third-order valence-corrected chi connectivity index (χ3v) is 3.37. The number of ether oxygens (including phenoxy) is 1. The lowest BCUT2D eigenvalue weighted by Crippen LogP contribution is -2.30. The van der Waals surface area contributed by atoms with Crippen molar-refractivity contribution in [2.75, 3.05) is 0 Å². The average molecular weight is 301 g/mol. The molecule has 4 nitrogen and oxygen atoms in total. The van der Waals surface area contributed by atoms with E-state index in [1.54, 1.807) is 27.7 Å². The van der Waals surface area contributed by atoms with Crippen molar-refractivity contribution < 1.29 is 14.6 Å². The van der Waals surface area contributed by atoms with Crippen LogP contribution in [0.5, 0.6) is 0 Å². The van der Waals surface area contributed by atoms with Gasteiger partial charge in [0.05, 0.1) is 11.8 Å². The van der Waals surface area contributed by atoms with E-state index in [9.17, 15) is 9.90 Å². The highest BCUT2D eigenvalue weighted by molar-refractivity contribution is 6.19. The molecular weight excluding hydrogens is 278 g/mol. The Kier molecular flexibility index (Phi) is 4.69. The van der Waals surface area contributed by atoms with Crippen LogP contribution in [0.4, 0.5) is 0 Å². The molecule has 1 aliphatic rings. The molecule has 0 fully saturated rings. The number of hydrogen-bond donors (Lipinski definition) is 1. The number of benzene rings is 1. The van der Waals surface area contributed by atoms with Gasteiger partial charge in [-0.2, -0.15) is 0 Å². The second-order valence-corrected chi connectivity index (χ2v) is 6.59. The second kappa shape index (κ2) is 6.34. The van der Waals surface area contributed by atoms with Crippen LogP contribution in [0.1, 0.15) is 39.7 Å². The first kappa shape index (κ1) is 16.3. The van der Waals surface area contributed by atoms with Crippen molar-refractivity contribution in [3.8, 4) is 0 Å². The van der Waals surface area contributed by atoms with E-state index >= 15 is 0 Å². The fraction of sp³-hybridized carbons (Fsp3) is 0.444. The number of aliphatic imine (C=N–C) groups is 1. The van der Waals surface area contributed by atoms with Crippen LogP contribution in [0.2, 0.25) is 0 Å². The van der Waals surface area contributed by atoms with Gasteiger partial charge in [-0.3, -0.25) is 4.99 Å². The molecule has 0 aliphatic carbocycles. The van der Waals surface area contributed by atoms with Crippen LogP contribution in [-0.4, -0.2) is 28.4 Å². The summed E-state index contributed by atoms with van der Waals surface area (Å²) in [6.45, 7) is 7.15. The van der Waals surface area contributed by atoms with Gasteiger partial charge in [0.15, 0.2) is 0 Å². The largest absolute Gasteiger partial charge is 0.511 e. The lowest BCUT2D eigenvalue weighted by Gasteiger charge is -2.24. The zero-order valence-corrected chi connectivity index (χ0v) is 13.6. The van der Waals surface area contributed by atoms with Gasteiger partial charge in [0.1, 0.15) is 16.9 Å². The number of aliphatic hydroxyl groups excluding tert-OH is 1. The molecule has 0 amide bonds. The predicted octanol–water partition coefficient (Wildman–Crippen LogP) is 3.62. The van der Waals surface area contributed by atoms with Gasteiger partial charge >= 0.3 is 5.97 Å². The molecule has 0 saturated heterocycles. The molecule has 0 saturated carbocycles. The van der Waals surface area contributed by atoms with E-state index in [0.29, 0.717) is 12.1 Å². The van der Waals surface area contributed by atoms with Crippen molar-refractivity contribution in [1.82, 2.24) is 0 Å². The molecule has 2 rings (SSSR count). The van der Waals surface area contributed by atoms with Gasteiger partial charge in [0.2, 0.25) is 0 Å². The first-order valence-corrected chi connectivity index (χ1v) is 7.50. The number of dihydropyridines is 1. The molecule has 118 valence electrons. The monoisotopic (exact) mass is 301 g/mol. The standard InChI is InChI=1S/C18H23NO3/c1-12-16(17(21)22-18(2,3)4)15(20)11-14(19-12)10-13-8-6-5-7-9-13/h5-9,14,20H,10-11H2,1-4H3. The zero-order chi connectivity index (χ0) is 16.3. The topological polar surface area (TPSA) is 58.9 Å². The summed E-state index contributed by atoms with van der Waals surface area (Å²) in [5.74, 6) is -0.438. The molecule has 1 atom stereocenters. The SMILES string of the molecule is CC1=NC(Cc2ccccc2)CC(O)=C1C(=O)OC(C)(C)C. The Morgan fingerprint density at radius 2 is 1.95 bits per heavy atom. The zero-order valence-electron chi connectivity index (χ0n) is 13.6. The minimum absolute atomic E-state index is 0.0476. The summed E-state index contributed by atoms with van der Waals surface area (Å²) < 4.78 is 5.33. The maximum Gasteiger partial charge on any atom is 0.343 e. The van der Waals surface area contributed by atoms with Crippen LogP contribution in [0, 0.1) is 0 Å². The Morgan fingerprint density at radius 1 is 1.32 bits per heavy atom. The van der Waals surface area contributed by atoms with Crippen molar-refractivity contribution >= 4 is 11.7 Å². The fourth-order valence-electron chi connectivity index (χ4n) is 2.52. The average Bonchev–Trinajstić information content (AvgIpc) is 2.36. The Labute approximate surface area is 131 Å². The maximum atomic E-state index is 12.2. The minimum Gasteiger partial charge on any atom is -0.511 e. The van der Waals surface area contributed by atoms with Crippen LogP contribution in [0.25, 0.3) is 0 Å². The normalized spacial score (nSPS) is 18.9. The first-order chi connectivity index (χ1) is 10.3. The van der Waals surface area contributed by atoms with Crippen molar-refractivity contribution in [1.29, 1.82) is 0 Å². The summed E-state index contributed by atoms with van der Waals surface area (Å²) in [4.78, 5) is 16.7. The van der Waals surface area contributed by atoms with Crippen molar-refractivity contribution in [3.05, 3.63) is 47.2 Å². The molecule has 22 heavy (non-hydrogen) atoms. The van der Waals surface area contributed by atoms with Gasteiger partial charge in [0.25, 0.3) is 0 Å². The third kappa shape index (κ3) is 4.20. The molecular formula is C18H23NO3.